The van der Waals surface area contributed by atoms with Crippen molar-refractivity contribution in [2.24, 2.45) is 0 Å². The molecule has 7 nitrogen and oxygen atoms in total. The lowest BCUT2D eigenvalue weighted by Gasteiger charge is -2.32. The van der Waals surface area contributed by atoms with Gasteiger partial charge in [0, 0.05) is 35.9 Å². The van der Waals surface area contributed by atoms with E-state index < -0.39 is 0 Å². The summed E-state index contributed by atoms with van der Waals surface area (Å²) in [5.41, 5.74) is 8.77. The number of para-hydroxylation sites is 1. The molecule has 1 aliphatic rings. The molecule has 7 heteroatoms. The van der Waals surface area contributed by atoms with Crippen LogP contribution in [0.4, 0.5) is 5.69 Å². The summed E-state index contributed by atoms with van der Waals surface area (Å²) in [6.07, 6.45) is 4.29. The van der Waals surface area contributed by atoms with Crippen LogP contribution in [0, 0.1) is 0 Å². The van der Waals surface area contributed by atoms with Gasteiger partial charge in [-0.15, -0.1) is 0 Å². The van der Waals surface area contributed by atoms with E-state index in [9.17, 15) is 9.59 Å². The number of fused-ring (bicyclic) bond motifs is 2. The lowest BCUT2D eigenvalue weighted by molar-refractivity contribution is 0.204. The van der Waals surface area contributed by atoms with Crippen LogP contribution in [0.25, 0.3) is 21.8 Å². The van der Waals surface area contributed by atoms with Gasteiger partial charge in [0.15, 0.2) is 0 Å². The topological polar surface area (TPSA) is 99.9 Å². The van der Waals surface area contributed by atoms with Crippen molar-refractivity contribution in [1.29, 1.82) is 0 Å². The quantitative estimate of drug-likeness (QED) is 0.456. The number of hydrogen-bond donors (Lipinski definition) is 3. The van der Waals surface area contributed by atoms with Crippen LogP contribution < -0.4 is 17.0 Å². The van der Waals surface area contributed by atoms with Crippen LogP contribution in [0.15, 0.2) is 58.3 Å². The maximum absolute atomic E-state index is 12.8. The van der Waals surface area contributed by atoms with Crippen molar-refractivity contribution in [3.05, 3.63) is 75.1 Å². The Bertz CT molecular complexity index is 1320. The number of nitrogens with one attached hydrogen (secondary N) is 2. The molecule has 0 aliphatic carbocycles. The number of anilines is 1. The molecule has 1 aliphatic heterocycles. The van der Waals surface area contributed by atoms with Gasteiger partial charge in [-0.1, -0.05) is 18.2 Å². The summed E-state index contributed by atoms with van der Waals surface area (Å²) in [6.45, 7) is 2.96. The van der Waals surface area contributed by atoms with Gasteiger partial charge >= 0.3 is 5.69 Å². The van der Waals surface area contributed by atoms with Crippen LogP contribution in [0.3, 0.4) is 0 Å². The molecule has 4 aromatic rings. The largest absolute Gasteiger partial charge is 0.399 e. The van der Waals surface area contributed by atoms with Crippen molar-refractivity contribution in [2.45, 2.75) is 25.3 Å². The SMILES string of the molecule is Nc1ccc2[nH]c(=O)n(CCN3CCC(c4c[nH]c5ccccc45)CC3)c(=O)c2c1. The zero-order valence-electron chi connectivity index (χ0n) is 16.7. The Hall–Kier alpha value is -3.32. The fourth-order valence-electron chi connectivity index (χ4n) is 4.61. The monoisotopic (exact) mass is 403 g/mol. The van der Waals surface area contributed by atoms with E-state index in [1.807, 2.05) is 0 Å². The van der Waals surface area contributed by atoms with E-state index in [2.05, 4.69) is 45.3 Å². The highest BCUT2D eigenvalue weighted by Crippen LogP contribution is 2.32. The number of benzene rings is 2. The third-order valence-corrected chi connectivity index (χ3v) is 6.29. The molecule has 0 bridgehead atoms. The Kier molecular flexibility index (Phi) is 4.67. The van der Waals surface area contributed by atoms with Gasteiger partial charge in [0.1, 0.15) is 0 Å². The molecule has 0 atom stereocenters. The Morgan fingerprint density at radius 2 is 1.77 bits per heavy atom. The fraction of sp³-hybridized carbons (Fsp3) is 0.304. The Labute approximate surface area is 173 Å². The minimum absolute atomic E-state index is 0.283. The summed E-state index contributed by atoms with van der Waals surface area (Å²) in [4.78, 5) is 33.7. The third-order valence-electron chi connectivity index (χ3n) is 6.29. The second-order valence-corrected chi connectivity index (χ2v) is 8.10. The zero-order valence-corrected chi connectivity index (χ0v) is 16.7. The van der Waals surface area contributed by atoms with Crippen molar-refractivity contribution in [3.8, 4) is 0 Å². The van der Waals surface area contributed by atoms with Crippen molar-refractivity contribution in [1.82, 2.24) is 19.4 Å². The smallest absolute Gasteiger partial charge is 0.328 e. The van der Waals surface area contributed by atoms with Crippen LogP contribution >= 0.6 is 0 Å². The van der Waals surface area contributed by atoms with E-state index in [1.54, 1.807) is 18.2 Å². The number of nitrogens with zero attached hydrogens (tertiary/aromatic N) is 2. The molecule has 1 saturated heterocycles. The molecule has 2 aromatic heterocycles. The van der Waals surface area contributed by atoms with Gasteiger partial charge in [-0.25, -0.2) is 4.79 Å². The fourth-order valence-corrected chi connectivity index (χ4v) is 4.61. The first kappa shape index (κ1) is 18.7. The van der Waals surface area contributed by atoms with Crippen LogP contribution in [-0.4, -0.2) is 39.1 Å². The minimum atomic E-state index is -0.369. The molecule has 0 spiro atoms. The van der Waals surface area contributed by atoms with Gasteiger partial charge < -0.3 is 20.6 Å². The van der Waals surface area contributed by atoms with Gasteiger partial charge in [0.25, 0.3) is 5.56 Å². The number of aromatic nitrogens is 3. The van der Waals surface area contributed by atoms with E-state index in [0.29, 0.717) is 35.6 Å². The summed E-state index contributed by atoms with van der Waals surface area (Å²) in [5.74, 6) is 0.534. The first-order valence-corrected chi connectivity index (χ1v) is 10.4. The lowest BCUT2D eigenvalue weighted by Crippen LogP contribution is -2.41. The average Bonchev–Trinajstić information content (AvgIpc) is 3.19. The number of nitrogens with two attached hydrogens (primary N) is 1. The first-order valence-electron chi connectivity index (χ1n) is 10.4. The predicted octanol–water partition coefficient (Wildman–Crippen LogP) is 2.63. The number of hydrogen-bond acceptors (Lipinski definition) is 4. The molecular formula is C23H25N5O2. The maximum Gasteiger partial charge on any atom is 0.328 e. The van der Waals surface area contributed by atoms with Crippen molar-refractivity contribution < 1.29 is 0 Å². The normalized spacial score (nSPS) is 15.9. The van der Waals surface area contributed by atoms with E-state index in [0.717, 1.165) is 25.9 Å². The van der Waals surface area contributed by atoms with Gasteiger partial charge in [-0.3, -0.25) is 9.36 Å². The van der Waals surface area contributed by atoms with Gasteiger partial charge in [0.2, 0.25) is 0 Å². The number of H-pyrrole nitrogens is 2. The number of likely N-dealkylation sites (tertiary alicyclic amines) is 1. The van der Waals surface area contributed by atoms with E-state index >= 15 is 0 Å². The van der Waals surface area contributed by atoms with Crippen molar-refractivity contribution in [3.63, 3.8) is 0 Å². The standard InChI is InChI=1S/C23H25N5O2/c24-16-5-6-21-18(13-16)22(29)28(23(30)26-21)12-11-27-9-7-15(8-10-27)19-14-25-20-4-2-1-3-17(19)20/h1-6,13-15,25H,7-12,24H2,(H,26,30). The Morgan fingerprint density at radius 3 is 2.60 bits per heavy atom. The minimum Gasteiger partial charge on any atom is -0.399 e. The highest BCUT2D eigenvalue weighted by molar-refractivity contribution is 5.83. The Morgan fingerprint density at radius 1 is 0.967 bits per heavy atom. The zero-order chi connectivity index (χ0) is 20.7. The predicted molar refractivity (Wildman–Crippen MR) is 120 cm³/mol. The molecule has 30 heavy (non-hydrogen) atoms. The molecule has 0 saturated carbocycles. The Balaban J connectivity index is 1.27. The van der Waals surface area contributed by atoms with Gasteiger partial charge in [-0.05, 0) is 61.7 Å². The molecule has 1 fully saturated rings. The number of piperidine rings is 1. The molecule has 2 aromatic carbocycles. The molecule has 154 valence electrons. The highest BCUT2D eigenvalue weighted by Gasteiger charge is 2.23. The maximum atomic E-state index is 12.8. The van der Waals surface area contributed by atoms with Crippen LogP contribution in [0.2, 0.25) is 0 Å². The van der Waals surface area contributed by atoms with Crippen LogP contribution in [0.1, 0.15) is 24.3 Å². The van der Waals surface area contributed by atoms with Crippen molar-refractivity contribution >= 4 is 27.5 Å². The van der Waals surface area contributed by atoms with Crippen molar-refractivity contribution in [2.75, 3.05) is 25.4 Å². The van der Waals surface area contributed by atoms with Gasteiger partial charge in [-0.2, -0.15) is 0 Å². The summed E-state index contributed by atoms with van der Waals surface area (Å²) in [6, 6.07) is 13.4. The molecule has 0 amide bonds. The average molecular weight is 403 g/mol. The number of rotatable bonds is 4. The van der Waals surface area contributed by atoms with Crippen LogP contribution in [0.5, 0.6) is 0 Å². The molecule has 0 radical (unpaired) electrons. The summed E-state index contributed by atoms with van der Waals surface area (Å²) in [5, 5.41) is 1.76. The number of aromatic amines is 2. The second-order valence-electron chi connectivity index (χ2n) is 8.10. The lowest BCUT2D eigenvalue weighted by atomic mass is 9.89. The summed E-state index contributed by atoms with van der Waals surface area (Å²) >= 11 is 0. The van der Waals surface area contributed by atoms with Gasteiger partial charge in [0.05, 0.1) is 10.9 Å². The second kappa shape index (κ2) is 7.50. The molecule has 0 unspecified atom stereocenters. The summed E-state index contributed by atoms with van der Waals surface area (Å²) < 4.78 is 1.29. The number of nitrogen functional groups attached to an aromatic ring is 1. The molecule has 4 N–H and O–H groups in total. The first-order chi connectivity index (χ1) is 14.6. The summed E-state index contributed by atoms with van der Waals surface area (Å²) in [7, 11) is 0. The van der Waals surface area contributed by atoms with E-state index in [4.69, 9.17) is 5.73 Å². The van der Waals surface area contributed by atoms with Crippen LogP contribution in [-0.2, 0) is 6.54 Å². The molecule has 5 rings (SSSR count). The molecular weight excluding hydrogens is 378 g/mol. The molecule has 3 heterocycles. The highest BCUT2D eigenvalue weighted by atomic mass is 16.2. The van der Waals surface area contributed by atoms with E-state index in [-0.39, 0.29) is 11.2 Å². The third kappa shape index (κ3) is 3.31. The van der Waals surface area contributed by atoms with E-state index in [1.165, 1.54) is 21.0 Å².